The molecule has 0 unspecified atom stereocenters. The standard InChI is InChI=1S/C30H26BrCl2N3O6S/c1-40-28-16-21(14-25(31)30(28)41-19-20-8-13-26(32)27(33)15-20)17-34-35-29(37)18-36(43(2,38)39)22-9-11-24(12-10-22)42-23-6-4-3-5-7-23/h3-17H,18-19H2,1-2H3,(H,35,37)/b34-17-. The summed E-state index contributed by atoms with van der Waals surface area (Å²) in [6.45, 7) is -0.265. The van der Waals surface area contributed by atoms with Crippen molar-refractivity contribution in [3.8, 4) is 23.0 Å². The molecule has 0 fully saturated rings. The number of ether oxygens (including phenoxy) is 3. The van der Waals surface area contributed by atoms with E-state index in [0.29, 0.717) is 48.8 Å². The van der Waals surface area contributed by atoms with Crippen molar-refractivity contribution in [2.45, 2.75) is 6.61 Å². The van der Waals surface area contributed by atoms with Crippen LogP contribution in [0.1, 0.15) is 11.1 Å². The number of nitrogens with zero attached hydrogens (tertiary/aromatic N) is 2. The highest BCUT2D eigenvalue weighted by atomic mass is 79.9. The molecule has 0 heterocycles. The summed E-state index contributed by atoms with van der Waals surface area (Å²) in [5, 5.41) is 4.85. The Labute approximate surface area is 268 Å². The highest BCUT2D eigenvalue weighted by Gasteiger charge is 2.21. The second kappa shape index (κ2) is 14.6. The molecule has 0 spiro atoms. The lowest BCUT2D eigenvalue weighted by Gasteiger charge is -2.21. The van der Waals surface area contributed by atoms with Crippen molar-refractivity contribution >= 4 is 67.0 Å². The summed E-state index contributed by atoms with van der Waals surface area (Å²) in [6.07, 6.45) is 2.42. The fraction of sp³-hybridized carbons (Fsp3) is 0.133. The molecule has 0 aromatic heterocycles. The largest absolute Gasteiger partial charge is 0.493 e. The van der Waals surface area contributed by atoms with Crippen LogP contribution in [-0.2, 0) is 21.4 Å². The van der Waals surface area contributed by atoms with Crippen LogP contribution >= 0.6 is 39.1 Å². The third kappa shape index (κ3) is 9.11. The maximum Gasteiger partial charge on any atom is 0.260 e. The average molecular weight is 707 g/mol. The minimum atomic E-state index is -3.78. The molecule has 4 aromatic carbocycles. The predicted octanol–water partition coefficient (Wildman–Crippen LogP) is 7.05. The van der Waals surface area contributed by atoms with Gasteiger partial charge in [-0.1, -0.05) is 47.5 Å². The maximum atomic E-state index is 12.7. The summed E-state index contributed by atoms with van der Waals surface area (Å²) >= 11 is 15.5. The molecule has 0 radical (unpaired) electrons. The topological polar surface area (TPSA) is 107 Å². The van der Waals surface area contributed by atoms with Crippen LogP contribution in [0.2, 0.25) is 10.0 Å². The molecule has 0 aliphatic carbocycles. The molecule has 43 heavy (non-hydrogen) atoms. The monoisotopic (exact) mass is 705 g/mol. The number of nitrogens with one attached hydrogen (secondary N) is 1. The second-order valence-corrected chi connectivity index (χ2v) is 12.6. The number of halogens is 3. The van der Waals surface area contributed by atoms with E-state index in [-0.39, 0.29) is 6.61 Å². The summed E-state index contributed by atoms with van der Waals surface area (Å²) in [5.74, 6) is 1.40. The molecule has 1 amide bonds. The van der Waals surface area contributed by atoms with Gasteiger partial charge in [0.15, 0.2) is 11.5 Å². The predicted molar refractivity (Wildman–Crippen MR) is 172 cm³/mol. The fourth-order valence-electron chi connectivity index (χ4n) is 3.79. The quantitative estimate of drug-likeness (QED) is 0.125. The number of sulfonamides is 1. The fourth-order valence-corrected chi connectivity index (χ4v) is 5.54. The number of rotatable bonds is 12. The third-order valence-corrected chi connectivity index (χ3v) is 8.28. The molecule has 0 saturated carbocycles. The van der Waals surface area contributed by atoms with Crippen molar-refractivity contribution < 1.29 is 27.4 Å². The lowest BCUT2D eigenvalue weighted by Crippen LogP contribution is -2.39. The normalized spacial score (nSPS) is 11.3. The molecule has 0 bridgehead atoms. The zero-order valence-electron chi connectivity index (χ0n) is 23.0. The minimum Gasteiger partial charge on any atom is -0.493 e. The maximum absolute atomic E-state index is 12.7. The molecule has 224 valence electrons. The van der Waals surface area contributed by atoms with E-state index in [4.69, 9.17) is 37.4 Å². The molecule has 0 saturated heterocycles. The van der Waals surface area contributed by atoms with Gasteiger partial charge in [0.05, 0.1) is 39.8 Å². The number of para-hydroxylation sites is 1. The van der Waals surface area contributed by atoms with E-state index in [9.17, 15) is 13.2 Å². The van der Waals surface area contributed by atoms with Gasteiger partial charge < -0.3 is 14.2 Å². The SMILES string of the molecule is COc1cc(/C=N\NC(=O)CN(c2ccc(Oc3ccccc3)cc2)S(C)(=O)=O)cc(Br)c1OCc1ccc(Cl)c(Cl)c1. The number of anilines is 1. The highest BCUT2D eigenvalue weighted by molar-refractivity contribution is 9.10. The van der Waals surface area contributed by atoms with Crippen molar-refractivity contribution in [1.82, 2.24) is 5.43 Å². The zero-order chi connectivity index (χ0) is 31.0. The molecule has 0 aliphatic heterocycles. The molecular formula is C30H26BrCl2N3O6S. The Hall–Kier alpha value is -3.77. The van der Waals surface area contributed by atoms with Crippen molar-refractivity contribution in [2.24, 2.45) is 5.10 Å². The van der Waals surface area contributed by atoms with E-state index in [2.05, 4.69) is 26.5 Å². The summed E-state index contributed by atoms with van der Waals surface area (Å²) in [5.41, 5.74) is 4.06. The van der Waals surface area contributed by atoms with Crippen LogP contribution in [-0.4, -0.2) is 40.4 Å². The van der Waals surface area contributed by atoms with E-state index >= 15 is 0 Å². The first-order chi connectivity index (χ1) is 20.5. The molecule has 4 aromatic rings. The second-order valence-electron chi connectivity index (χ2n) is 9.04. The van der Waals surface area contributed by atoms with Gasteiger partial charge in [0.1, 0.15) is 24.7 Å². The number of carbonyl (C=O) groups is 1. The number of hydrogen-bond donors (Lipinski definition) is 1. The average Bonchev–Trinajstić information content (AvgIpc) is 2.97. The summed E-state index contributed by atoms with van der Waals surface area (Å²) < 4.78 is 43.7. The van der Waals surface area contributed by atoms with Gasteiger partial charge in [-0.25, -0.2) is 13.8 Å². The smallest absolute Gasteiger partial charge is 0.260 e. The van der Waals surface area contributed by atoms with Crippen molar-refractivity contribution in [3.63, 3.8) is 0 Å². The first-order valence-electron chi connectivity index (χ1n) is 12.6. The number of amides is 1. The van der Waals surface area contributed by atoms with Gasteiger partial charge in [-0.2, -0.15) is 5.10 Å². The van der Waals surface area contributed by atoms with E-state index < -0.39 is 22.5 Å². The molecular weight excluding hydrogens is 681 g/mol. The van der Waals surface area contributed by atoms with Crippen LogP contribution in [0.3, 0.4) is 0 Å². The lowest BCUT2D eigenvalue weighted by atomic mass is 10.2. The van der Waals surface area contributed by atoms with Gasteiger partial charge in [-0.3, -0.25) is 9.10 Å². The molecule has 1 N–H and O–H groups in total. The highest BCUT2D eigenvalue weighted by Crippen LogP contribution is 2.37. The zero-order valence-corrected chi connectivity index (χ0v) is 26.9. The van der Waals surface area contributed by atoms with Crippen LogP contribution in [0.5, 0.6) is 23.0 Å². The van der Waals surface area contributed by atoms with E-state index in [1.807, 2.05) is 18.2 Å². The van der Waals surface area contributed by atoms with Gasteiger partial charge in [0.25, 0.3) is 5.91 Å². The Kier molecular flexibility index (Phi) is 10.9. The van der Waals surface area contributed by atoms with Crippen LogP contribution in [0.15, 0.2) is 94.5 Å². The number of hydrogen-bond acceptors (Lipinski definition) is 7. The van der Waals surface area contributed by atoms with Crippen LogP contribution in [0.25, 0.3) is 0 Å². The Morgan fingerprint density at radius 3 is 2.33 bits per heavy atom. The third-order valence-electron chi connectivity index (χ3n) is 5.81. The van der Waals surface area contributed by atoms with E-state index in [1.165, 1.54) is 13.3 Å². The Morgan fingerprint density at radius 1 is 0.977 bits per heavy atom. The number of methoxy groups -OCH3 is 1. The minimum absolute atomic E-state index is 0.217. The van der Waals surface area contributed by atoms with Crippen molar-refractivity contribution in [3.05, 3.63) is 111 Å². The first-order valence-corrected chi connectivity index (χ1v) is 16.0. The summed E-state index contributed by atoms with van der Waals surface area (Å²) in [7, 11) is -2.29. The van der Waals surface area contributed by atoms with Gasteiger partial charge in [-0.15, -0.1) is 0 Å². The molecule has 0 atom stereocenters. The lowest BCUT2D eigenvalue weighted by molar-refractivity contribution is -0.119. The van der Waals surface area contributed by atoms with Crippen LogP contribution in [0, 0.1) is 0 Å². The van der Waals surface area contributed by atoms with Crippen molar-refractivity contribution in [2.75, 3.05) is 24.2 Å². The Bertz CT molecular complexity index is 1720. The number of benzene rings is 4. The Balaban J connectivity index is 1.39. The van der Waals surface area contributed by atoms with Crippen LogP contribution in [0.4, 0.5) is 5.69 Å². The Morgan fingerprint density at radius 2 is 1.67 bits per heavy atom. The molecule has 9 nitrogen and oxygen atoms in total. The van der Waals surface area contributed by atoms with Gasteiger partial charge in [-0.05, 0) is 87.7 Å². The molecule has 4 rings (SSSR count). The summed E-state index contributed by atoms with van der Waals surface area (Å²) in [6, 6.07) is 24.1. The summed E-state index contributed by atoms with van der Waals surface area (Å²) in [4.78, 5) is 12.7. The van der Waals surface area contributed by atoms with Crippen LogP contribution < -0.4 is 23.9 Å². The van der Waals surface area contributed by atoms with E-state index in [1.54, 1.807) is 66.7 Å². The number of hydrazone groups is 1. The van der Waals surface area contributed by atoms with Gasteiger partial charge in [0, 0.05) is 0 Å². The first kappa shape index (κ1) is 32.2. The van der Waals surface area contributed by atoms with E-state index in [0.717, 1.165) is 16.1 Å². The van der Waals surface area contributed by atoms with Gasteiger partial charge in [0.2, 0.25) is 10.0 Å². The molecule has 13 heteroatoms. The van der Waals surface area contributed by atoms with Gasteiger partial charge >= 0.3 is 0 Å². The van der Waals surface area contributed by atoms with Crippen molar-refractivity contribution in [1.29, 1.82) is 0 Å². The number of carbonyl (C=O) groups excluding carboxylic acids is 1. The molecule has 0 aliphatic rings.